The molecule has 0 aliphatic carbocycles. The van der Waals surface area contributed by atoms with Crippen LogP contribution in [0.3, 0.4) is 0 Å². The molecule has 1 unspecified atom stereocenters. The minimum absolute atomic E-state index is 0.184. The molecule has 5 heteroatoms. The van der Waals surface area contributed by atoms with Gasteiger partial charge < -0.3 is 10.2 Å². The van der Waals surface area contributed by atoms with Crippen LogP contribution in [-0.2, 0) is 0 Å². The maximum Gasteiger partial charge on any atom is 0.274 e. The van der Waals surface area contributed by atoms with Crippen LogP contribution in [0.5, 0.6) is 0 Å². The lowest BCUT2D eigenvalue weighted by atomic mass is 10.1. The topological polar surface area (TPSA) is 58.4 Å². The number of nitro benzene ring substituents is 1. The molecule has 1 atom stereocenters. The van der Waals surface area contributed by atoms with Gasteiger partial charge in [-0.25, -0.2) is 0 Å². The van der Waals surface area contributed by atoms with E-state index in [2.05, 4.69) is 17.3 Å². The lowest BCUT2D eigenvalue weighted by molar-refractivity contribution is -0.385. The summed E-state index contributed by atoms with van der Waals surface area (Å²) in [7, 11) is 2.12. The Balaban J connectivity index is 1.97. The van der Waals surface area contributed by atoms with E-state index in [-0.39, 0.29) is 10.6 Å². The maximum atomic E-state index is 10.8. The number of rotatable bonds is 4. The van der Waals surface area contributed by atoms with E-state index in [4.69, 9.17) is 0 Å². The van der Waals surface area contributed by atoms with Gasteiger partial charge in [0.05, 0.1) is 4.92 Å². The summed E-state index contributed by atoms with van der Waals surface area (Å²) >= 11 is 0. The Bertz CT molecular complexity index is 448. The van der Waals surface area contributed by atoms with Crippen LogP contribution in [0.4, 0.5) is 11.4 Å². The molecule has 5 nitrogen and oxygen atoms in total. The minimum atomic E-state index is -0.330. The number of nitrogens with one attached hydrogen (secondary N) is 1. The molecule has 2 rings (SSSR count). The summed E-state index contributed by atoms with van der Waals surface area (Å²) in [5.74, 6) is 0.635. The van der Waals surface area contributed by atoms with Crippen LogP contribution in [0.2, 0.25) is 0 Å². The first-order valence-corrected chi connectivity index (χ1v) is 6.23. The van der Waals surface area contributed by atoms with Crippen molar-refractivity contribution in [2.75, 3.05) is 32.0 Å². The van der Waals surface area contributed by atoms with Crippen LogP contribution in [0, 0.1) is 23.0 Å². The molecule has 0 amide bonds. The minimum Gasteiger partial charge on any atom is -0.385 e. The number of aryl methyl sites for hydroxylation is 1. The van der Waals surface area contributed by atoms with E-state index in [1.54, 1.807) is 19.1 Å². The average molecular weight is 249 g/mol. The van der Waals surface area contributed by atoms with Crippen LogP contribution in [-0.4, -0.2) is 36.5 Å². The SMILES string of the molecule is Cc1ccc(NCC2CCN(C)C2)cc1[N+](=O)[O-]. The summed E-state index contributed by atoms with van der Waals surface area (Å²) in [6.07, 6.45) is 1.19. The normalized spacial score (nSPS) is 20.0. The highest BCUT2D eigenvalue weighted by Gasteiger charge is 2.19. The monoisotopic (exact) mass is 249 g/mol. The average Bonchev–Trinajstić information content (AvgIpc) is 2.74. The van der Waals surface area contributed by atoms with Gasteiger partial charge in [-0.1, -0.05) is 6.07 Å². The summed E-state index contributed by atoms with van der Waals surface area (Å²) in [5.41, 5.74) is 1.72. The lowest BCUT2D eigenvalue weighted by Crippen LogP contribution is -2.19. The number of anilines is 1. The highest BCUT2D eigenvalue weighted by Crippen LogP contribution is 2.23. The van der Waals surface area contributed by atoms with Gasteiger partial charge in [0.1, 0.15) is 0 Å². The third-order valence-corrected chi connectivity index (χ3v) is 3.49. The number of hydrogen-bond acceptors (Lipinski definition) is 4. The highest BCUT2D eigenvalue weighted by atomic mass is 16.6. The first kappa shape index (κ1) is 12.8. The van der Waals surface area contributed by atoms with Crippen molar-refractivity contribution in [3.63, 3.8) is 0 Å². The Kier molecular flexibility index (Phi) is 3.81. The molecule has 1 aromatic rings. The first-order chi connectivity index (χ1) is 8.56. The van der Waals surface area contributed by atoms with Crippen molar-refractivity contribution in [3.8, 4) is 0 Å². The molecular formula is C13H19N3O2. The molecule has 1 heterocycles. The van der Waals surface area contributed by atoms with Crippen molar-refractivity contribution in [2.24, 2.45) is 5.92 Å². The largest absolute Gasteiger partial charge is 0.385 e. The van der Waals surface area contributed by atoms with E-state index in [0.29, 0.717) is 11.5 Å². The van der Waals surface area contributed by atoms with E-state index < -0.39 is 0 Å². The van der Waals surface area contributed by atoms with Crippen molar-refractivity contribution >= 4 is 11.4 Å². The molecule has 98 valence electrons. The van der Waals surface area contributed by atoms with Crippen LogP contribution < -0.4 is 5.32 Å². The first-order valence-electron chi connectivity index (χ1n) is 6.23. The van der Waals surface area contributed by atoms with Crippen molar-refractivity contribution in [1.29, 1.82) is 0 Å². The smallest absolute Gasteiger partial charge is 0.274 e. The van der Waals surface area contributed by atoms with Gasteiger partial charge in [0.15, 0.2) is 0 Å². The Morgan fingerprint density at radius 2 is 2.33 bits per heavy atom. The molecule has 1 fully saturated rings. The Morgan fingerprint density at radius 3 is 2.94 bits per heavy atom. The van der Waals surface area contributed by atoms with E-state index in [9.17, 15) is 10.1 Å². The second kappa shape index (κ2) is 5.35. The van der Waals surface area contributed by atoms with Gasteiger partial charge in [0.2, 0.25) is 0 Å². The number of hydrogen-bond donors (Lipinski definition) is 1. The number of likely N-dealkylation sites (tertiary alicyclic amines) is 1. The van der Waals surface area contributed by atoms with Crippen molar-refractivity contribution in [2.45, 2.75) is 13.3 Å². The third-order valence-electron chi connectivity index (χ3n) is 3.49. The molecule has 0 bridgehead atoms. The van der Waals surface area contributed by atoms with Crippen LogP contribution in [0.25, 0.3) is 0 Å². The van der Waals surface area contributed by atoms with Crippen molar-refractivity contribution in [3.05, 3.63) is 33.9 Å². The standard InChI is InChI=1S/C13H19N3O2/c1-10-3-4-12(7-13(10)16(17)18)14-8-11-5-6-15(2)9-11/h3-4,7,11,14H,5-6,8-9H2,1-2H3. The lowest BCUT2D eigenvalue weighted by Gasteiger charge is -2.12. The van der Waals surface area contributed by atoms with Gasteiger partial charge in [-0.3, -0.25) is 10.1 Å². The summed E-state index contributed by atoms with van der Waals surface area (Å²) in [5, 5.41) is 14.1. The molecular weight excluding hydrogens is 230 g/mol. The molecule has 0 spiro atoms. The Labute approximate surface area is 107 Å². The summed E-state index contributed by atoms with van der Waals surface area (Å²) in [6.45, 7) is 4.87. The van der Waals surface area contributed by atoms with E-state index in [1.807, 2.05) is 6.07 Å². The second-order valence-corrected chi connectivity index (χ2v) is 5.06. The number of nitro groups is 1. The molecule has 0 radical (unpaired) electrons. The van der Waals surface area contributed by atoms with E-state index in [1.165, 1.54) is 6.42 Å². The molecule has 1 aliphatic heterocycles. The molecule has 1 aromatic carbocycles. The van der Waals surface area contributed by atoms with Gasteiger partial charge in [-0.05, 0) is 38.9 Å². The maximum absolute atomic E-state index is 10.8. The zero-order valence-corrected chi connectivity index (χ0v) is 10.8. The quantitative estimate of drug-likeness (QED) is 0.657. The zero-order chi connectivity index (χ0) is 13.1. The van der Waals surface area contributed by atoms with Crippen LogP contribution >= 0.6 is 0 Å². The predicted molar refractivity (Wildman–Crippen MR) is 71.9 cm³/mol. The molecule has 0 aromatic heterocycles. The third kappa shape index (κ3) is 2.98. The molecule has 1 N–H and O–H groups in total. The summed E-state index contributed by atoms with van der Waals surface area (Å²) in [4.78, 5) is 12.8. The second-order valence-electron chi connectivity index (χ2n) is 5.06. The fraction of sp³-hybridized carbons (Fsp3) is 0.538. The zero-order valence-electron chi connectivity index (χ0n) is 10.8. The van der Waals surface area contributed by atoms with Crippen LogP contribution in [0.1, 0.15) is 12.0 Å². The number of nitrogens with zero attached hydrogens (tertiary/aromatic N) is 2. The molecule has 1 saturated heterocycles. The van der Waals surface area contributed by atoms with E-state index in [0.717, 1.165) is 25.3 Å². The fourth-order valence-electron chi connectivity index (χ4n) is 2.37. The summed E-state index contributed by atoms with van der Waals surface area (Å²) < 4.78 is 0. The number of benzene rings is 1. The molecule has 1 aliphatic rings. The van der Waals surface area contributed by atoms with E-state index >= 15 is 0 Å². The molecule has 18 heavy (non-hydrogen) atoms. The van der Waals surface area contributed by atoms with Gasteiger partial charge in [-0.2, -0.15) is 0 Å². The highest BCUT2D eigenvalue weighted by molar-refractivity contribution is 5.54. The van der Waals surface area contributed by atoms with Gasteiger partial charge in [0, 0.05) is 30.4 Å². The van der Waals surface area contributed by atoms with Gasteiger partial charge >= 0.3 is 0 Å². The van der Waals surface area contributed by atoms with Gasteiger partial charge in [-0.15, -0.1) is 0 Å². The van der Waals surface area contributed by atoms with Crippen molar-refractivity contribution in [1.82, 2.24) is 4.90 Å². The predicted octanol–water partition coefficient (Wildman–Crippen LogP) is 2.27. The Hall–Kier alpha value is -1.62. The van der Waals surface area contributed by atoms with Crippen LogP contribution in [0.15, 0.2) is 18.2 Å². The summed E-state index contributed by atoms with van der Waals surface area (Å²) in [6, 6.07) is 5.32. The Morgan fingerprint density at radius 1 is 1.56 bits per heavy atom. The van der Waals surface area contributed by atoms with Crippen molar-refractivity contribution < 1.29 is 4.92 Å². The fourth-order valence-corrected chi connectivity index (χ4v) is 2.37. The molecule has 0 saturated carbocycles. The van der Waals surface area contributed by atoms with Gasteiger partial charge in [0.25, 0.3) is 5.69 Å².